The quantitative estimate of drug-likeness (QED) is 0.718. The first-order valence-electron chi connectivity index (χ1n) is 7.16. The monoisotopic (exact) mass is 300 g/mol. The Balaban J connectivity index is 2.13. The third-order valence-corrected chi connectivity index (χ3v) is 4.28. The molecule has 0 aromatic carbocycles. The van der Waals surface area contributed by atoms with E-state index in [4.69, 9.17) is 14.2 Å². The molecule has 3 amide bonds. The van der Waals surface area contributed by atoms with Crippen molar-refractivity contribution in [2.75, 3.05) is 47.2 Å². The van der Waals surface area contributed by atoms with E-state index in [1.807, 2.05) is 0 Å². The molecule has 1 atom stereocenters. The lowest BCUT2D eigenvalue weighted by Crippen LogP contribution is -2.50. The molecule has 2 aliphatic heterocycles. The predicted octanol–water partition coefficient (Wildman–Crippen LogP) is 0.387. The summed E-state index contributed by atoms with van der Waals surface area (Å²) < 4.78 is 15.8. The Labute approximate surface area is 124 Å². The smallest absolute Gasteiger partial charge is 0.325 e. The Morgan fingerprint density at radius 1 is 1.19 bits per heavy atom. The second kappa shape index (κ2) is 6.29. The van der Waals surface area contributed by atoms with E-state index < -0.39 is 5.54 Å². The molecule has 2 saturated heterocycles. The highest BCUT2D eigenvalue weighted by atomic mass is 16.5. The van der Waals surface area contributed by atoms with Crippen LogP contribution in [0.2, 0.25) is 0 Å². The Morgan fingerprint density at radius 2 is 1.81 bits per heavy atom. The van der Waals surface area contributed by atoms with Gasteiger partial charge < -0.3 is 19.5 Å². The van der Waals surface area contributed by atoms with Gasteiger partial charge >= 0.3 is 6.03 Å². The summed E-state index contributed by atoms with van der Waals surface area (Å²) in [5, 5.41) is 2.72. The first-order valence-corrected chi connectivity index (χ1v) is 7.16. The molecule has 2 aliphatic rings. The van der Waals surface area contributed by atoms with E-state index in [0.717, 1.165) is 12.8 Å². The molecular formula is C14H24N2O5. The van der Waals surface area contributed by atoms with Crippen molar-refractivity contribution < 1.29 is 23.8 Å². The minimum absolute atomic E-state index is 0.161. The Morgan fingerprint density at radius 3 is 2.38 bits per heavy atom. The average Bonchev–Trinajstić information content (AvgIpc) is 2.64. The summed E-state index contributed by atoms with van der Waals surface area (Å²) in [5.41, 5.74) is -1.20. The maximum atomic E-state index is 12.5. The van der Waals surface area contributed by atoms with E-state index in [1.54, 1.807) is 14.0 Å². The van der Waals surface area contributed by atoms with Gasteiger partial charge in [-0.05, 0) is 19.8 Å². The molecule has 2 fully saturated rings. The molecule has 0 radical (unpaired) electrons. The zero-order valence-corrected chi connectivity index (χ0v) is 12.9. The fraction of sp³-hybridized carbons (Fsp3) is 0.857. The number of carbonyl (C=O) groups is 2. The van der Waals surface area contributed by atoms with Crippen LogP contribution < -0.4 is 5.32 Å². The number of nitrogens with zero attached hydrogens (tertiary/aromatic N) is 1. The van der Waals surface area contributed by atoms with Crippen molar-refractivity contribution in [3.05, 3.63) is 0 Å². The number of carbonyl (C=O) groups excluding carboxylic acids is 2. The van der Waals surface area contributed by atoms with Gasteiger partial charge in [-0.3, -0.25) is 9.69 Å². The van der Waals surface area contributed by atoms with E-state index in [9.17, 15) is 9.59 Å². The Kier molecular flexibility index (Phi) is 4.85. The summed E-state index contributed by atoms with van der Waals surface area (Å²) in [4.78, 5) is 26.0. The van der Waals surface area contributed by atoms with Gasteiger partial charge in [0.25, 0.3) is 5.91 Å². The zero-order valence-electron chi connectivity index (χ0n) is 12.9. The van der Waals surface area contributed by atoms with Crippen LogP contribution in [0.15, 0.2) is 0 Å². The van der Waals surface area contributed by atoms with Crippen LogP contribution in [-0.4, -0.2) is 69.6 Å². The van der Waals surface area contributed by atoms with Crippen molar-refractivity contribution in [3.63, 3.8) is 0 Å². The minimum Gasteiger partial charge on any atom is -0.384 e. The summed E-state index contributed by atoms with van der Waals surface area (Å²) in [6.07, 6.45) is 1.55. The summed E-state index contributed by atoms with van der Waals surface area (Å²) in [7, 11) is 3.15. The number of hydrogen-bond donors (Lipinski definition) is 1. The normalized spacial score (nSPS) is 28.8. The van der Waals surface area contributed by atoms with Crippen molar-refractivity contribution in [3.8, 4) is 0 Å². The molecule has 0 spiro atoms. The molecule has 120 valence electrons. The van der Waals surface area contributed by atoms with E-state index >= 15 is 0 Å². The number of hydrogen-bond acceptors (Lipinski definition) is 5. The highest BCUT2D eigenvalue weighted by molar-refractivity contribution is 6.06. The van der Waals surface area contributed by atoms with Crippen molar-refractivity contribution in [1.29, 1.82) is 0 Å². The van der Waals surface area contributed by atoms with Crippen LogP contribution >= 0.6 is 0 Å². The van der Waals surface area contributed by atoms with E-state index in [0.29, 0.717) is 26.4 Å². The molecule has 2 heterocycles. The van der Waals surface area contributed by atoms with Crippen LogP contribution in [-0.2, 0) is 19.0 Å². The van der Waals surface area contributed by atoms with Gasteiger partial charge in [-0.25, -0.2) is 4.79 Å². The summed E-state index contributed by atoms with van der Waals surface area (Å²) in [6.45, 7) is 3.96. The molecule has 21 heavy (non-hydrogen) atoms. The number of amides is 3. The molecule has 0 aromatic heterocycles. The minimum atomic E-state index is -0.981. The topological polar surface area (TPSA) is 77.1 Å². The maximum absolute atomic E-state index is 12.5. The van der Waals surface area contributed by atoms with Gasteiger partial charge in [0.05, 0.1) is 13.2 Å². The van der Waals surface area contributed by atoms with Crippen molar-refractivity contribution >= 4 is 11.9 Å². The van der Waals surface area contributed by atoms with E-state index in [-0.39, 0.29) is 24.0 Å². The molecule has 1 N–H and O–H groups in total. The molecule has 0 aliphatic carbocycles. The fourth-order valence-electron chi connectivity index (χ4n) is 3.07. The second-order valence-electron chi connectivity index (χ2n) is 6.13. The molecule has 1 unspecified atom stereocenters. The third kappa shape index (κ3) is 3.20. The lowest BCUT2D eigenvalue weighted by Gasteiger charge is -2.38. The summed E-state index contributed by atoms with van der Waals surface area (Å²) >= 11 is 0. The van der Waals surface area contributed by atoms with Crippen LogP contribution in [0.25, 0.3) is 0 Å². The van der Waals surface area contributed by atoms with Crippen molar-refractivity contribution in [2.24, 2.45) is 5.41 Å². The summed E-state index contributed by atoms with van der Waals surface area (Å²) in [5.74, 6) is -0.240. The number of rotatable bonds is 6. The van der Waals surface area contributed by atoms with Gasteiger partial charge in [-0.15, -0.1) is 0 Å². The summed E-state index contributed by atoms with van der Waals surface area (Å²) in [6, 6.07) is -0.360. The number of urea groups is 1. The number of ether oxygens (including phenoxy) is 3. The molecule has 2 rings (SSSR count). The maximum Gasteiger partial charge on any atom is 0.325 e. The van der Waals surface area contributed by atoms with Gasteiger partial charge in [0, 0.05) is 39.4 Å². The largest absolute Gasteiger partial charge is 0.384 e. The highest BCUT2D eigenvalue weighted by Gasteiger charge is 2.50. The lowest BCUT2D eigenvalue weighted by atomic mass is 9.80. The fourth-order valence-corrected chi connectivity index (χ4v) is 3.07. The first-order chi connectivity index (χ1) is 9.96. The number of imide groups is 1. The highest BCUT2D eigenvalue weighted by Crippen LogP contribution is 2.33. The molecule has 0 aromatic rings. The van der Waals surface area contributed by atoms with Crippen LogP contribution in [0, 0.1) is 5.41 Å². The Hall–Kier alpha value is -1.18. The van der Waals surface area contributed by atoms with Crippen molar-refractivity contribution in [2.45, 2.75) is 25.3 Å². The van der Waals surface area contributed by atoms with Gasteiger partial charge in [0.15, 0.2) is 0 Å². The Bertz CT molecular complexity index is 403. The van der Waals surface area contributed by atoms with Crippen LogP contribution in [0.5, 0.6) is 0 Å². The van der Waals surface area contributed by atoms with Gasteiger partial charge in [0.2, 0.25) is 0 Å². The molecule has 0 saturated carbocycles. The van der Waals surface area contributed by atoms with Crippen LogP contribution in [0.1, 0.15) is 19.8 Å². The second-order valence-corrected chi connectivity index (χ2v) is 6.13. The van der Waals surface area contributed by atoms with Gasteiger partial charge in [-0.2, -0.15) is 0 Å². The van der Waals surface area contributed by atoms with Gasteiger partial charge in [-0.1, -0.05) is 0 Å². The predicted molar refractivity (Wildman–Crippen MR) is 74.9 cm³/mol. The van der Waals surface area contributed by atoms with Crippen molar-refractivity contribution in [1.82, 2.24) is 10.2 Å². The van der Waals surface area contributed by atoms with E-state index in [2.05, 4.69) is 5.32 Å². The SMILES string of the molecule is COCC1(CN2C(=O)NC(C)(COC)C2=O)CCOCC1. The molecule has 7 heteroatoms. The van der Waals surface area contributed by atoms with Crippen LogP contribution in [0.3, 0.4) is 0 Å². The number of nitrogens with one attached hydrogen (secondary N) is 1. The van der Waals surface area contributed by atoms with Gasteiger partial charge in [0.1, 0.15) is 5.54 Å². The number of methoxy groups -OCH3 is 2. The first kappa shape index (κ1) is 16.2. The lowest BCUT2D eigenvalue weighted by molar-refractivity contribution is -0.135. The molecule has 0 bridgehead atoms. The van der Waals surface area contributed by atoms with Crippen LogP contribution in [0.4, 0.5) is 4.79 Å². The zero-order chi connectivity index (χ0) is 15.5. The molecule has 7 nitrogen and oxygen atoms in total. The molecular weight excluding hydrogens is 276 g/mol. The average molecular weight is 300 g/mol. The standard InChI is InChI=1S/C14H24N2O5/c1-13(9-19-2)11(17)16(12(18)15-13)8-14(10-20-3)4-6-21-7-5-14/h4-10H2,1-3H3,(H,15,18). The third-order valence-electron chi connectivity index (χ3n) is 4.28. The van der Waals surface area contributed by atoms with E-state index in [1.165, 1.54) is 12.0 Å².